The first kappa shape index (κ1) is 37.4. The molecule has 0 radical (unpaired) electrons. The van der Waals surface area contributed by atoms with Gasteiger partial charge in [0.2, 0.25) is 0 Å². The Morgan fingerprint density at radius 1 is 0.512 bits per heavy atom. The Morgan fingerprint density at radius 3 is 1.02 bits per heavy atom. The third-order valence-electron chi connectivity index (χ3n) is 8.84. The molecule has 218 valence electrons. The Kier molecular flexibility index (Phi) is 12.9. The van der Waals surface area contributed by atoms with Crippen LogP contribution in [0.3, 0.4) is 0 Å². The van der Waals surface area contributed by atoms with Crippen molar-refractivity contribution in [2.75, 3.05) is 21.3 Å². The molecule has 0 spiro atoms. The third kappa shape index (κ3) is 5.34. The summed E-state index contributed by atoms with van der Waals surface area (Å²) in [4.78, 5) is 0. The molecule has 0 unspecified atom stereocenters. The van der Waals surface area contributed by atoms with Gasteiger partial charge in [0.1, 0.15) is 0 Å². The van der Waals surface area contributed by atoms with Gasteiger partial charge in [-0.25, -0.2) is 0 Å². The van der Waals surface area contributed by atoms with E-state index in [4.69, 9.17) is 14.2 Å². The zero-order chi connectivity index (χ0) is 28.0. The molecule has 3 aromatic carbocycles. The molecule has 4 rings (SSSR count). The monoisotopic (exact) mass is 664 g/mol. The van der Waals surface area contributed by atoms with Gasteiger partial charge in [0.05, 0.1) is 0 Å². The van der Waals surface area contributed by atoms with Crippen molar-refractivity contribution in [3.05, 3.63) is 93.6 Å². The van der Waals surface area contributed by atoms with E-state index in [-0.39, 0.29) is 40.6 Å². The number of benzene rings is 3. The van der Waals surface area contributed by atoms with E-state index in [0.29, 0.717) is 0 Å². The summed E-state index contributed by atoms with van der Waals surface area (Å²) in [6.07, 6.45) is 0. The standard InChI is InChI=1S/C33H39O3Si.3ClH.Ti/c1-20-14-11-17-27(30(20)34-8)37(28-18-12-15-21(2)31(28)35-9,29-19-13-16-22(3)32(29)36-10)33-25(6)23(4)24(5)26(33)7;;;;/h11-19H,1-10H3;3*1H;/q;;;;+3/p-3. The van der Waals surface area contributed by atoms with Gasteiger partial charge in [-0.3, -0.25) is 0 Å². The summed E-state index contributed by atoms with van der Waals surface area (Å²) in [5.41, 5.74) is 8.90. The van der Waals surface area contributed by atoms with Crippen molar-refractivity contribution in [3.63, 3.8) is 0 Å². The van der Waals surface area contributed by atoms with E-state index in [2.05, 4.69) is 123 Å². The minimum atomic E-state index is -3.11. The van der Waals surface area contributed by atoms with Crippen LogP contribution in [0.1, 0.15) is 44.4 Å². The van der Waals surface area contributed by atoms with E-state index in [1.807, 2.05) is 0 Å². The van der Waals surface area contributed by atoms with Gasteiger partial charge in [-0.15, -0.1) is 0 Å². The Labute approximate surface area is 277 Å². The van der Waals surface area contributed by atoms with Crippen LogP contribution in [0.5, 0.6) is 17.2 Å². The average molecular weight is 666 g/mol. The fraction of sp³-hybridized carbons (Fsp3) is 0.333. The Balaban J connectivity index is 0.00000280. The fourth-order valence-corrected chi connectivity index (χ4v) is 15.7. The molecule has 8 heteroatoms. The second-order valence-electron chi connectivity index (χ2n) is 10.5. The fourth-order valence-electron chi connectivity index (χ4n) is 6.67. The maximum absolute atomic E-state index is 6.28. The van der Waals surface area contributed by atoms with Gasteiger partial charge in [-0.05, 0) is 0 Å². The van der Waals surface area contributed by atoms with Gasteiger partial charge in [-0.2, -0.15) is 0 Å². The first-order valence-electron chi connectivity index (χ1n) is 13.1. The van der Waals surface area contributed by atoms with Gasteiger partial charge in [0.25, 0.3) is 0 Å². The maximum Gasteiger partial charge on any atom is -1.00 e. The second kappa shape index (κ2) is 14.2. The number of hydrogen-bond donors (Lipinski definition) is 0. The van der Waals surface area contributed by atoms with Crippen molar-refractivity contribution in [1.29, 1.82) is 0 Å². The van der Waals surface area contributed by atoms with Crippen LogP contribution in [-0.4, -0.2) is 29.4 Å². The Hall–Kier alpha value is -1.66. The van der Waals surface area contributed by atoms with Crippen LogP contribution in [0, 0.1) is 20.8 Å². The van der Waals surface area contributed by atoms with E-state index in [1.54, 1.807) is 21.3 Å². The molecule has 0 aromatic heterocycles. The summed E-state index contributed by atoms with van der Waals surface area (Å²) in [5.74, 6) is 2.82. The van der Waals surface area contributed by atoms with E-state index >= 15 is 0 Å². The van der Waals surface area contributed by atoms with Crippen molar-refractivity contribution in [3.8, 4) is 17.2 Å². The molecule has 3 aromatic rings. The number of allylic oxidation sites excluding steroid dienone is 4. The van der Waals surface area contributed by atoms with Crippen LogP contribution in [0.2, 0.25) is 3.34 Å². The number of ether oxygens (including phenoxy) is 3. The van der Waals surface area contributed by atoms with E-state index in [9.17, 15) is 0 Å². The molecule has 0 heterocycles. The van der Waals surface area contributed by atoms with Crippen LogP contribution in [0.25, 0.3) is 0 Å². The Bertz CT molecular complexity index is 1330. The molecule has 0 aliphatic heterocycles. The van der Waals surface area contributed by atoms with Gasteiger partial charge < -0.3 is 37.2 Å². The zero-order valence-electron chi connectivity index (χ0n) is 25.6. The van der Waals surface area contributed by atoms with E-state index in [0.717, 1.165) is 33.9 Å². The topological polar surface area (TPSA) is 27.7 Å². The Morgan fingerprint density at radius 2 is 0.780 bits per heavy atom. The van der Waals surface area contributed by atoms with Gasteiger partial charge >= 0.3 is 242 Å². The molecule has 0 N–H and O–H groups in total. The van der Waals surface area contributed by atoms with Crippen molar-refractivity contribution < 1.29 is 71.9 Å². The number of hydrogen-bond acceptors (Lipinski definition) is 3. The molecule has 0 atom stereocenters. The number of para-hydroxylation sites is 3. The van der Waals surface area contributed by atoms with Crippen molar-refractivity contribution in [2.24, 2.45) is 0 Å². The van der Waals surface area contributed by atoms with Gasteiger partial charge in [-0.1, -0.05) is 0 Å². The summed E-state index contributed by atoms with van der Waals surface area (Å²) in [7, 11) is 2.28. The van der Waals surface area contributed by atoms with Crippen LogP contribution in [0.15, 0.2) is 76.9 Å². The number of halogens is 3. The van der Waals surface area contributed by atoms with Gasteiger partial charge in [0, 0.05) is 0 Å². The SMILES string of the molecule is COc1c(C)cccc1[Si](c1cccc(C)c1OC)(c1cccc(C)c1OC)[C]1([Ti+3])C(C)=C(C)C(C)=C1C.[Cl-].[Cl-].[Cl-]. The van der Waals surface area contributed by atoms with Crippen LogP contribution in [0.4, 0.5) is 0 Å². The molecular formula is C33H39Cl3O3SiTi. The van der Waals surface area contributed by atoms with Crippen LogP contribution < -0.4 is 67.0 Å². The first-order valence-corrected chi connectivity index (χ1v) is 15.8. The third-order valence-corrected chi connectivity index (χ3v) is 17.2. The van der Waals surface area contributed by atoms with Gasteiger partial charge in [0.15, 0.2) is 0 Å². The zero-order valence-corrected chi connectivity index (χ0v) is 30.4. The smallest absolute Gasteiger partial charge is 1.00 e. The van der Waals surface area contributed by atoms with Crippen molar-refractivity contribution in [2.45, 2.75) is 51.8 Å². The van der Waals surface area contributed by atoms with Crippen molar-refractivity contribution in [1.82, 2.24) is 0 Å². The molecule has 0 saturated heterocycles. The summed E-state index contributed by atoms with van der Waals surface area (Å²) in [6, 6.07) is 19.8. The van der Waals surface area contributed by atoms with E-state index < -0.39 is 8.07 Å². The minimum absolute atomic E-state index is 0. The molecule has 0 bridgehead atoms. The molecule has 1 aliphatic carbocycles. The molecule has 0 saturated carbocycles. The molecule has 1 aliphatic rings. The predicted octanol–water partition coefficient (Wildman–Crippen LogP) is -2.95. The predicted molar refractivity (Wildman–Crippen MR) is 157 cm³/mol. The number of methoxy groups -OCH3 is 3. The summed E-state index contributed by atoms with van der Waals surface area (Å²) in [6.45, 7) is 15.6. The quantitative estimate of drug-likeness (QED) is 0.200. The summed E-state index contributed by atoms with van der Waals surface area (Å²) >= 11 is 2.45. The molecule has 0 fully saturated rings. The maximum atomic E-state index is 6.28. The molecular weight excluding hydrogens is 627 g/mol. The minimum Gasteiger partial charge on any atom is -1.00 e. The summed E-state index contributed by atoms with van der Waals surface area (Å²) < 4.78 is 18.5. The number of rotatable bonds is 7. The van der Waals surface area contributed by atoms with Crippen LogP contribution >= 0.6 is 0 Å². The molecule has 0 amide bonds. The van der Waals surface area contributed by atoms with E-state index in [1.165, 1.54) is 37.9 Å². The largest absolute Gasteiger partial charge is 1.00 e. The molecule has 41 heavy (non-hydrogen) atoms. The van der Waals surface area contributed by atoms with Crippen molar-refractivity contribution >= 4 is 23.6 Å². The first-order chi connectivity index (χ1) is 18.0. The number of aryl methyl sites for hydroxylation is 3. The van der Waals surface area contributed by atoms with Crippen LogP contribution in [-0.2, 0) is 20.4 Å². The summed E-state index contributed by atoms with van der Waals surface area (Å²) in [5, 5.41) is 3.70. The average Bonchev–Trinajstić information content (AvgIpc) is 3.05. The second-order valence-corrected chi connectivity index (χ2v) is 16.3. The molecule has 3 nitrogen and oxygen atoms in total. The normalized spacial score (nSPS) is 14.1.